The van der Waals surface area contributed by atoms with Crippen LogP contribution in [0.25, 0.3) is 11.1 Å². The van der Waals surface area contributed by atoms with Gasteiger partial charge in [0.15, 0.2) is 0 Å². The van der Waals surface area contributed by atoms with Crippen molar-refractivity contribution in [1.82, 2.24) is 4.90 Å². The summed E-state index contributed by atoms with van der Waals surface area (Å²) in [5.74, 6) is -1.15. The number of nitrogens with one attached hydrogen (secondary N) is 1. The van der Waals surface area contributed by atoms with E-state index in [0.717, 1.165) is 22.4 Å². The number of hydrogen-bond donors (Lipinski definition) is 2. The number of anilines is 1. The normalized spacial score (nSPS) is 19.8. The zero-order valence-corrected chi connectivity index (χ0v) is 15.1. The second-order valence-corrected chi connectivity index (χ2v) is 7.11. The number of nitrogens with zero attached hydrogens (tertiary/aromatic N) is 1. The Kier molecular flexibility index (Phi) is 5.26. The predicted molar refractivity (Wildman–Crippen MR) is 102 cm³/mol. The predicted octanol–water partition coefficient (Wildman–Crippen LogP) is 4.24. The number of hydrogen-bond acceptors (Lipinski definition) is 2. The molecule has 0 radical (unpaired) electrons. The molecule has 0 saturated carbocycles. The first-order valence-electron chi connectivity index (χ1n) is 8.89. The number of carboxylic acids is 1. The van der Waals surface area contributed by atoms with Crippen LogP contribution in [0, 0.1) is 18.8 Å². The molecule has 3 rings (SSSR count). The highest BCUT2D eigenvalue weighted by molar-refractivity contribution is 5.90. The third-order valence-corrected chi connectivity index (χ3v) is 4.86. The number of rotatable bonds is 3. The second-order valence-electron chi connectivity index (χ2n) is 7.11. The van der Waals surface area contributed by atoms with E-state index in [-0.39, 0.29) is 18.5 Å². The standard InChI is InChI=1S/C21H24N2O3/c1-14-10-17(20(24)25)13-23(12-14)21(26)22-18-8-9-19(15(2)11-18)16-6-4-3-5-7-16/h3-9,11,14,17H,10,12-13H2,1-2H3,(H,22,26)(H,24,25). The minimum Gasteiger partial charge on any atom is -0.481 e. The van der Waals surface area contributed by atoms with Gasteiger partial charge in [-0.2, -0.15) is 0 Å². The summed E-state index contributed by atoms with van der Waals surface area (Å²) in [6.07, 6.45) is 0.615. The number of aliphatic carboxylic acids is 1. The number of amides is 2. The molecule has 2 amide bonds. The summed E-state index contributed by atoms with van der Waals surface area (Å²) in [6, 6.07) is 15.7. The minimum absolute atomic E-state index is 0.179. The summed E-state index contributed by atoms with van der Waals surface area (Å²) in [5.41, 5.74) is 4.06. The molecule has 26 heavy (non-hydrogen) atoms. The molecule has 2 aromatic rings. The first kappa shape index (κ1) is 18.0. The molecule has 1 fully saturated rings. The maximum absolute atomic E-state index is 12.6. The Morgan fingerprint density at radius 2 is 1.85 bits per heavy atom. The molecule has 1 aliphatic heterocycles. The third kappa shape index (κ3) is 4.04. The molecular formula is C21H24N2O3. The Morgan fingerprint density at radius 1 is 1.12 bits per heavy atom. The fourth-order valence-corrected chi connectivity index (χ4v) is 3.58. The quantitative estimate of drug-likeness (QED) is 0.868. The van der Waals surface area contributed by atoms with E-state index in [1.54, 1.807) is 4.90 Å². The third-order valence-electron chi connectivity index (χ3n) is 4.86. The Hall–Kier alpha value is -2.82. The summed E-state index contributed by atoms with van der Waals surface area (Å²) in [6.45, 7) is 4.83. The van der Waals surface area contributed by atoms with Gasteiger partial charge in [-0.1, -0.05) is 43.3 Å². The van der Waals surface area contributed by atoms with Crippen LogP contribution in [0.5, 0.6) is 0 Å². The lowest BCUT2D eigenvalue weighted by Crippen LogP contribution is -2.47. The molecule has 1 aliphatic rings. The van der Waals surface area contributed by atoms with Crippen molar-refractivity contribution in [3.8, 4) is 11.1 Å². The molecule has 5 heteroatoms. The van der Waals surface area contributed by atoms with Crippen LogP contribution in [-0.2, 0) is 4.79 Å². The molecule has 2 aromatic carbocycles. The van der Waals surface area contributed by atoms with Crippen LogP contribution >= 0.6 is 0 Å². The van der Waals surface area contributed by atoms with Crippen molar-refractivity contribution in [2.24, 2.45) is 11.8 Å². The zero-order valence-electron chi connectivity index (χ0n) is 15.1. The van der Waals surface area contributed by atoms with E-state index in [9.17, 15) is 14.7 Å². The highest BCUT2D eigenvalue weighted by Gasteiger charge is 2.31. The molecule has 5 nitrogen and oxygen atoms in total. The maximum atomic E-state index is 12.6. The average Bonchev–Trinajstić information content (AvgIpc) is 2.62. The molecule has 0 aliphatic carbocycles. The first-order valence-corrected chi connectivity index (χ1v) is 8.89. The van der Waals surface area contributed by atoms with E-state index in [1.165, 1.54) is 0 Å². The van der Waals surface area contributed by atoms with Crippen molar-refractivity contribution >= 4 is 17.7 Å². The lowest BCUT2D eigenvalue weighted by atomic mass is 9.91. The first-order chi connectivity index (χ1) is 12.4. The van der Waals surface area contributed by atoms with Crippen LogP contribution in [0.1, 0.15) is 18.9 Å². The van der Waals surface area contributed by atoms with E-state index in [2.05, 4.69) is 17.4 Å². The van der Waals surface area contributed by atoms with Crippen LogP contribution in [-0.4, -0.2) is 35.1 Å². The molecule has 0 aromatic heterocycles. The van der Waals surface area contributed by atoms with E-state index < -0.39 is 11.9 Å². The number of carboxylic acid groups (broad SMARTS) is 1. The largest absolute Gasteiger partial charge is 0.481 e. The Morgan fingerprint density at radius 3 is 2.50 bits per heavy atom. The molecule has 0 spiro atoms. The lowest BCUT2D eigenvalue weighted by molar-refractivity contribution is -0.143. The van der Waals surface area contributed by atoms with E-state index in [0.29, 0.717) is 13.0 Å². The summed E-state index contributed by atoms with van der Waals surface area (Å²) in [5, 5.41) is 12.2. The number of carbonyl (C=O) groups is 2. The number of piperidine rings is 1. The van der Waals surface area contributed by atoms with Gasteiger partial charge in [0.2, 0.25) is 0 Å². The average molecular weight is 352 g/mol. The molecule has 136 valence electrons. The topological polar surface area (TPSA) is 69.6 Å². The van der Waals surface area contributed by atoms with Crippen molar-refractivity contribution in [2.75, 3.05) is 18.4 Å². The summed E-state index contributed by atoms with van der Waals surface area (Å²) < 4.78 is 0. The summed E-state index contributed by atoms with van der Waals surface area (Å²) in [4.78, 5) is 25.5. The second kappa shape index (κ2) is 7.60. The number of urea groups is 1. The van der Waals surface area contributed by atoms with Crippen molar-refractivity contribution in [3.63, 3.8) is 0 Å². The van der Waals surface area contributed by atoms with E-state index in [1.807, 2.05) is 50.2 Å². The van der Waals surface area contributed by atoms with Gasteiger partial charge in [-0.05, 0) is 48.1 Å². The SMILES string of the molecule is Cc1cc(NC(=O)N2CC(C)CC(C(=O)O)C2)ccc1-c1ccccc1. The Balaban J connectivity index is 1.71. The fourth-order valence-electron chi connectivity index (χ4n) is 3.58. The van der Waals surface area contributed by atoms with Crippen LogP contribution in [0.4, 0.5) is 10.5 Å². The molecule has 1 saturated heterocycles. The van der Waals surface area contributed by atoms with Crippen LogP contribution in [0.3, 0.4) is 0 Å². The van der Waals surface area contributed by atoms with Crippen molar-refractivity contribution < 1.29 is 14.7 Å². The van der Waals surface area contributed by atoms with Gasteiger partial charge in [-0.15, -0.1) is 0 Å². The van der Waals surface area contributed by atoms with Crippen molar-refractivity contribution in [2.45, 2.75) is 20.3 Å². The fraction of sp³-hybridized carbons (Fsp3) is 0.333. The molecule has 1 heterocycles. The smallest absolute Gasteiger partial charge is 0.321 e. The number of likely N-dealkylation sites (tertiary alicyclic amines) is 1. The molecule has 0 bridgehead atoms. The van der Waals surface area contributed by atoms with Crippen LogP contribution in [0.2, 0.25) is 0 Å². The van der Waals surface area contributed by atoms with Crippen molar-refractivity contribution in [3.05, 3.63) is 54.1 Å². The van der Waals surface area contributed by atoms with Gasteiger partial charge in [0, 0.05) is 18.8 Å². The highest BCUT2D eigenvalue weighted by Crippen LogP contribution is 2.27. The summed E-state index contributed by atoms with van der Waals surface area (Å²) in [7, 11) is 0. The van der Waals surface area contributed by atoms with Crippen LogP contribution < -0.4 is 5.32 Å². The number of benzene rings is 2. The van der Waals surface area contributed by atoms with Gasteiger partial charge >= 0.3 is 12.0 Å². The van der Waals surface area contributed by atoms with Gasteiger partial charge in [-0.25, -0.2) is 4.79 Å². The van der Waals surface area contributed by atoms with Crippen LogP contribution in [0.15, 0.2) is 48.5 Å². The monoisotopic (exact) mass is 352 g/mol. The maximum Gasteiger partial charge on any atom is 0.321 e. The Labute approximate surface area is 153 Å². The number of carbonyl (C=O) groups excluding carboxylic acids is 1. The zero-order chi connectivity index (χ0) is 18.7. The van der Waals surface area contributed by atoms with E-state index >= 15 is 0 Å². The van der Waals surface area contributed by atoms with Crippen molar-refractivity contribution in [1.29, 1.82) is 0 Å². The van der Waals surface area contributed by atoms with Gasteiger partial charge in [0.05, 0.1) is 5.92 Å². The molecule has 2 N–H and O–H groups in total. The lowest BCUT2D eigenvalue weighted by Gasteiger charge is -2.34. The van der Waals surface area contributed by atoms with Gasteiger partial charge in [-0.3, -0.25) is 4.79 Å². The number of aryl methyl sites for hydroxylation is 1. The molecular weight excluding hydrogens is 328 g/mol. The molecule has 2 atom stereocenters. The minimum atomic E-state index is -0.836. The van der Waals surface area contributed by atoms with Gasteiger partial charge in [0.1, 0.15) is 0 Å². The molecule has 2 unspecified atom stereocenters. The Bertz CT molecular complexity index is 804. The summed E-state index contributed by atoms with van der Waals surface area (Å²) >= 11 is 0. The van der Waals surface area contributed by atoms with Gasteiger partial charge < -0.3 is 15.3 Å². The van der Waals surface area contributed by atoms with E-state index in [4.69, 9.17) is 0 Å². The highest BCUT2D eigenvalue weighted by atomic mass is 16.4. The van der Waals surface area contributed by atoms with Gasteiger partial charge in [0.25, 0.3) is 0 Å².